The summed E-state index contributed by atoms with van der Waals surface area (Å²) >= 11 is 2.90. The number of carbonyl (C=O) groups is 2. The van der Waals surface area contributed by atoms with Crippen LogP contribution >= 0.6 is 22.7 Å². The monoisotopic (exact) mass is 417 g/mol. The molecule has 2 aromatic heterocycles. The molecule has 7 nitrogen and oxygen atoms in total. The smallest absolute Gasteiger partial charge is 0.341 e. The molecule has 0 bridgehead atoms. The topological polar surface area (TPSA) is 80.8 Å². The zero-order chi connectivity index (χ0) is 19.7. The van der Waals surface area contributed by atoms with Gasteiger partial charge >= 0.3 is 5.97 Å². The first-order valence-electron chi connectivity index (χ1n) is 8.84. The van der Waals surface area contributed by atoms with Gasteiger partial charge in [-0.1, -0.05) is 11.3 Å². The van der Waals surface area contributed by atoms with Crippen LogP contribution in [-0.4, -0.2) is 43.7 Å². The van der Waals surface area contributed by atoms with E-state index in [0.717, 1.165) is 21.1 Å². The highest BCUT2D eigenvalue weighted by atomic mass is 32.1. The van der Waals surface area contributed by atoms with Crippen molar-refractivity contribution in [2.24, 2.45) is 5.92 Å². The lowest BCUT2D eigenvalue weighted by Gasteiger charge is -2.37. The highest BCUT2D eigenvalue weighted by Crippen LogP contribution is 2.35. The Balaban J connectivity index is 1.38. The maximum Gasteiger partial charge on any atom is 0.341 e. The van der Waals surface area contributed by atoms with Crippen molar-refractivity contribution in [3.63, 3.8) is 0 Å². The molecule has 0 radical (unpaired) electrons. The first kappa shape index (κ1) is 18.7. The van der Waals surface area contributed by atoms with Crippen LogP contribution in [0.4, 0.5) is 10.1 Å². The lowest BCUT2D eigenvalue weighted by atomic mass is 10.0. The van der Waals surface area contributed by atoms with Gasteiger partial charge in [-0.2, -0.15) is 0 Å². The molecule has 28 heavy (non-hydrogen) atoms. The number of hydrogen-bond acceptors (Lipinski definition) is 8. The van der Waals surface area contributed by atoms with E-state index in [4.69, 9.17) is 9.47 Å². The van der Waals surface area contributed by atoms with Gasteiger partial charge in [-0.25, -0.2) is 9.78 Å². The van der Waals surface area contributed by atoms with Crippen LogP contribution in [0.2, 0.25) is 0 Å². The lowest BCUT2D eigenvalue weighted by molar-refractivity contribution is -0.120. The van der Waals surface area contributed by atoms with Gasteiger partial charge in [0.2, 0.25) is 5.91 Å². The molecule has 0 atom stereocenters. The van der Waals surface area contributed by atoms with Gasteiger partial charge in [-0.3, -0.25) is 4.79 Å². The first-order valence-corrected chi connectivity index (χ1v) is 10.5. The Morgan fingerprint density at radius 1 is 1.32 bits per heavy atom. The third-order valence-electron chi connectivity index (χ3n) is 4.50. The molecule has 1 saturated heterocycles. The largest absolute Gasteiger partial charge is 0.497 e. The number of fused-ring (bicyclic) bond motifs is 1. The second kappa shape index (κ2) is 7.76. The molecule has 1 aliphatic rings. The molecule has 1 aliphatic heterocycles. The van der Waals surface area contributed by atoms with Crippen LogP contribution < -0.4 is 15.0 Å². The SMILES string of the molecule is CCOC(=O)c1ccsc1NC(=O)C1CN(c2nc3ccc(OC)cc3s2)C1. The molecular formula is C19H19N3O4S2. The average molecular weight is 418 g/mol. The molecule has 0 saturated carbocycles. The third kappa shape index (κ3) is 3.55. The fourth-order valence-corrected chi connectivity index (χ4v) is 4.74. The van der Waals surface area contributed by atoms with E-state index < -0.39 is 5.97 Å². The molecule has 0 spiro atoms. The number of nitrogens with zero attached hydrogens (tertiary/aromatic N) is 2. The van der Waals surface area contributed by atoms with E-state index in [1.54, 1.807) is 36.8 Å². The molecule has 1 N–H and O–H groups in total. The van der Waals surface area contributed by atoms with Crippen molar-refractivity contribution >= 4 is 54.9 Å². The number of carbonyl (C=O) groups excluding carboxylic acids is 2. The van der Waals surface area contributed by atoms with E-state index in [2.05, 4.69) is 15.2 Å². The lowest BCUT2D eigenvalue weighted by Crippen LogP contribution is -2.52. The molecule has 4 rings (SSSR count). The Morgan fingerprint density at radius 2 is 2.14 bits per heavy atom. The summed E-state index contributed by atoms with van der Waals surface area (Å²) < 4.78 is 11.3. The second-order valence-electron chi connectivity index (χ2n) is 6.31. The van der Waals surface area contributed by atoms with Crippen LogP contribution in [0, 0.1) is 5.92 Å². The van der Waals surface area contributed by atoms with Crippen molar-refractivity contribution in [3.05, 3.63) is 35.2 Å². The minimum atomic E-state index is -0.417. The van der Waals surface area contributed by atoms with Crippen LogP contribution in [0.5, 0.6) is 5.75 Å². The average Bonchev–Trinajstić information content (AvgIpc) is 3.26. The number of benzene rings is 1. The molecule has 0 aliphatic carbocycles. The van der Waals surface area contributed by atoms with E-state index in [0.29, 0.717) is 30.3 Å². The zero-order valence-electron chi connectivity index (χ0n) is 15.4. The maximum absolute atomic E-state index is 12.5. The highest BCUT2D eigenvalue weighted by molar-refractivity contribution is 7.22. The van der Waals surface area contributed by atoms with Crippen molar-refractivity contribution in [2.75, 3.05) is 37.0 Å². The summed E-state index contributed by atoms with van der Waals surface area (Å²) in [5, 5.41) is 6.07. The number of nitrogens with one attached hydrogen (secondary N) is 1. The third-order valence-corrected chi connectivity index (χ3v) is 6.41. The van der Waals surface area contributed by atoms with Crippen LogP contribution in [0.25, 0.3) is 10.2 Å². The molecule has 1 amide bonds. The molecule has 146 valence electrons. The van der Waals surface area contributed by atoms with Gasteiger partial charge in [0.1, 0.15) is 10.8 Å². The fourth-order valence-electron chi connectivity index (χ4n) is 2.95. The Labute approximate surface area is 169 Å². The van der Waals surface area contributed by atoms with Gasteiger partial charge in [0.25, 0.3) is 0 Å². The second-order valence-corrected chi connectivity index (χ2v) is 8.23. The Bertz CT molecular complexity index is 1020. The standard InChI is InChI=1S/C19H19N3O4S2/c1-3-26-18(24)13-6-7-27-17(13)21-16(23)11-9-22(10-11)19-20-14-5-4-12(25-2)8-15(14)28-19/h4-8,11H,3,9-10H2,1-2H3,(H,21,23). The molecule has 9 heteroatoms. The summed E-state index contributed by atoms with van der Waals surface area (Å²) in [6.07, 6.45) is 0. The number of aromatic nitrogens is 1. The van der Waals surface area contributed by atoms with Crippen molar-refractivity contribution < 1.29 is 19.1 Å². The Kier molecular flexibility index (Phi) is 5.19. The minimum absolute atomic E-state index is 0.0907. The minimum Gasteiger partial charge on any atom is -0.497 e. The normalized spacial score (nSPS) is 14.0. The molecule has 3 aromatic rings. The van der Waals surface area contributed by atoms with Gasteiger partial charge in [-0.05, 0) is 36.6 Å². The summed E-state index contributed by atoms with van der Waals surface area (Å²) in [6, 6.07) is 7.46. The van der Waals surface area contributed by atoms with E-state index in [1.165, 1.54) is 11.3 Å². The van der Waals surface area contributed by atoms with Gasteiger partial charge < -0.3 is 19.7 Å². The summed E-state index contributed by atoms with van der Waals surface area (Å²) in [5.74, 6) is 0.154. The highest BCUT2D eigenvalue weighted by Gasteiger charge is 2.35. The summed E-state index contributed by atoms with van der Waals surface area (Å²) in [7, 11) is 1.64. The van der Waals surface area contributed by atoms with Crippen LogP contribution in [0.1, 0.15) is 17.3 Å². The molecular weight excluding hydrogens is 398 g/mol. The predicted molar refractivity (Wildman–Crippen MR) is 111 cm³/mol. The first-order chi connectivity index (χ1) is 13.6. The number of anilines is 2. The number of rotatable bonds is 6. The van der Waals surface area contributed by atoms with Gasteiger partial charge in [0.15, 0.2) is 5.13 Å². The van der Waals surface area contributed by atoms with Crippen molar-refractivity contribution in [3.8, 4) is 5.75 Å². The summed E-state index contributed by atoms with van der Waals surface area (Å²) in [4.78, 5) is 31.2. The van der Waals surface area contributed by atoms with Crippen molar-refractivity contribution in [1.82, 2.24) is 4.98 Å². The number of methoxy groups -OCH3 is 1. The Hall–Kier alpha value is -2.65. The number of thiophene rings is 1. The van der Waals surface area contributed by atoms with E-state index in [-0.39, 0.29) is 11.8 Å². The van der Waals surface area contributed by atoms with E-state index in [1.807, 2.05) is 18.2 Å². The zero-order valence-corrected chi connectivity index (χ0v) is 17.1. The predicted octanol–water partition coefficient (Wildman–Crippen LogP) is 3.62. The van der Waals surface area contributed by atoms with Crippen LogP contribution in [-0.2, 0) is 9.53 Å². The molecule has 1 aromatic carbocycles. The van der Waals surface area contributed by atoms with Crippen LogP contribution in [0.15, 0.2) is 29.6 Å². The number of esters is 1. The number of hydrogen-bond donors (Lipinski definition) is 1. The van der Waals surface area contributed by atoms with Crippen molar-refractivity contribution in [2.45, 2.75) is 6.92 Å². The number of ether oxygens (including phenoxy) is 2. The van der Waals surface area contributed by atoms with E-state index in [9.17, 15) is 9.59 Å². The quantitative estimate of drug-likeness (QED) is 0.617. The molecule has 1 fully saturated rings. The Morgan fingerprint density at radius 3 is 2.89 bits per heavy atom. The number of thiazole rings is 1. The number of amides is 1. The van der Waals surface area contributed by atoms with E-state index >= 15 is 0 Å². The van der Waals surface area contributed by atoms with Crippen LogP contribution in [0.3, 0.4) is 0 Å². The molecule has 0 unspecified atom stereocenters. The summed E-state index contributed by atoms with van der Waals surface area (Å²) in [6.45, 7) is 3.25. The van der Waals surface area contributed by atoms with Gasteiger partial charge in [0.05, 0.1) is 35.4 Å². The molecule has 3 heterocycles. The van der Waals surface area contributed by atoms with Gasteiger partial charge in [-0.15, -0.1) is 11.3 Å². The van der Waals surface area contributed by atoms with Gasteiger partial charge in [0, 0.05) is 13.1 Å². The van der Waals surface area contributed by atoms with Crippen molar-refractivity contribution in [1.29, 1.82) is 0 Å². The fraction of sp³-hybridized carbons (Fsp3) is 0.316. The maximum atomic E-state index is 12.5. The summed E-state index contributed by atoms with van der Waals surface area (Å²) in [5.41, 5.74) is 1.32.